The summed E-state index contributed by atoms with van der Waals surface area (Å²) in [5.41, 5.74) is 1.58. The average Bonchev–Trinajstić information content (AvgIpc) is 2.45. The van der Waals surface area contributed by atoms with Crippen molar-refractivity contribution < 1.29 is 14.1 Å². The molecule has 4 nitrogen and oxygen atoms in total. The summed E-state index contributed by atoms with van der Waals surface area (Å²) in [7, 11) is 6.55. The zero-order chi connectivity index (χ0) is 15.3. The Morgan fingerprint density at radius 1 is 1.24 bits per heavy atom. The SMILES string of the molecule is C[N+](C)(C)CC1CCCC/C1=N\OC(=O)c1ccccc1. The van der Waals surface area contributed by atoms with Crippen molar-refractivity contribution in [3.8, 4) is 0 Å². The third kappa shape index (κ3) is 4.97. The molecule has 0 aliphatic heterocycles. The third-order valence-corrected chi connectivity index (χ3v) is 3.73. The first-order valence-corrected chi connectivity index (χ1v) is 7.59. The molecule has 1 atom stereocenters. The highest BCUT2D eigenvalue weighted by atomic mass is 16.7. The van der Waals surface area contributed by atoms with Crippen molar-refractivity contribution in [2.75, 3.05) is 27.7 Å². The van der Waals surface area contributed by atoms with E-state index in [0.29, 0.717) is 11.5 Å². The van der Waals surface area contributed by atoms with E-state index in [4.69, 9.17) is 4.84 Å². The summed E-state index contributed by atoms with van der Waals surface area (Å²) in [5, 5.41) is 4.18. The van der Waals surface area contributed by atoms with Crippen LogP contribution in [0.15, 0.2) is 35.5 Å². The largest absolute Gasteiger partial charge is 0.365 e. The van der Waals surface area contributed by atoms with Crippen LogP contribution >= 0.6 is 0 Å². The Bertz CT molecular complexity index is 503. The van der Waals surface area contributed by atoms with Gasteiger partial charge in [-0.25, -0.2) is 4.79 Å². The summed E-state index contributed by atoms with van der Waals surface area (Å²) in [6.07, 6.45) is 4.44. The number of benzene rings is 1. The Hall–Kier alpha value is -1.68. The number of hydrogen-bond donors (Lipinski definition) is 0. The van der Waals surface area contributed by atoms with Crippen LogP contribution in [0, 0.1) is 5.92 Å². The molecule has 1 saturated carbocycles. The third-order valence-electron chi connectivity index (χ3n) is 3.73. The van der Waals surface area contributed by atoms with Gasteiger partial charge in [-0.3, -0.25) is 0 Å². The lowest BCUT2D eigenvalue weighted by atomic mass is 9.86. The zero-order valence-electron chi connectivity index (χ0n) is 13.2. The minimum atomic E-state index is -0.377. The lowest BCUT2D eigenvalue weighted by Crippen LogP contribution is -2.42. The molecule has 1 aromatic carbocycles. The fourth-order valence-corrected chi connectivity index (χ4v) is 2.77. The average molecular weight is 289 g/mol. The Kier molecular flexibility index (Phi) is 5.12. The van der Waals surface area contributed by atoms with Gasteiger partial charge in [0.2, 0.25) is 0 Å². The van der Waals surface area contributed by atoms with Crippen LogP contribution in [0.1, 0.15) is 36.0 Å². The van der Waals surface area contributed by atoms with Crippen molar-refractivity contribution in [2.24, 2.45) is 11.1 Å². The van der Waals surface area contributed by atoms with Crippen LogP contribution in [0.5, 0.6) is 0 Å². The molecule has 21 heavy (non-hydrogen) atoms. The smallest absolute Gasteiger partial charge is 0.330 e. The van der Waals surface area contributed by atoms with Crippen molar-refractivity contribution in [1.82, 2.24) is 0 Å². The predicted molar refractivity (Wildman–Crippen MR) is 84.1 cm³/mol. The van der Waals surface area contributed by atoms with Crippen LogP contribution in [0.2, 0.25) is 0 Å². The van der Waals surface area contributed by atoms with Crippen molar-refractivity contribution >= 4 is 11.7 Å². The van der Waals surface area contributed by atoms with Gasteiger partial charge >= 0.3 is 5.97 Å². The highest BCUT2D eigenvalue weighted by Gasteiger charge is 2.27. The molecule has 1 aromatic rings. The fraction of sp³-hybridized carbons (Fsp3) is 0.529. The van der Waals surface area contributed by atoms with Crippen molar-refractivity contribution in [1.29, 1.82) is 0 Å². The maximum atomic E-state index is 11.9. The van der Waals surface area contributed by atoms with E-state index in [9.17, 15) is 4.79 Å². The summed E-state index contributed by atoms with van der Waals surface area (Å²) in [4.78, 5) is 17.1. The Morgan fingerprint density at radius 2 is 1.95 bits per heavy atom. The van der Waals surface area contributed by atoms with E-state index in [1.165, 1.54) is 6.42 Å². The number of oxime groups is 1. The summed E-state index contributed by atoms with van der Waals surface area (Å²) in [6, 6.07) is 9.01. The van der Waals surface area contributed by atoms with E-state index in [1.54, 1.807) is 12.1 Å². The quantitative estimate of drug-likeness (QED) is 0.485. The normalized spacial score (nSPS) is 21.3. The highest BCUT2D eigenvalue weighted by Crippen LogP contribution is 2.24. The van der Waals surface area contributed by atoms with Gasteiger partial charge in [0.1, 0.15) is 0 Å². The first-order valence-electron chi connectivity index (χ1n) is 7.59. The first-order chi connectivity index (χ1) is 9.96. The standard InChI is InChI=1S/C17H25N2O2/c1-19(2,3)13-15-11-7-8-12-16(15)18-21-17(20)14-9-5-4-6-10-14/h4-6,9-10,15H,7-8,11-13H2,1-3H3/q+1/b18-16+. The van der Waals surface area contributed by atoms with E-state index < -0.39 is 0 Å². The van der Waals surface area contributed by atoms with Gasteiger partial charge < -0.3 is 9.32 Å². The molecule has 0 amide bonds. The van der Waals surface area contributed by atoms with Crippen molar-refractivity contribution in [3.05, 3.63) is 35.9 Å². The van der Waals surface area contributed by atoms with E-state index in [0.717, 1.165) is 36.0 Å². The van der Waals surface area contributed by atoms with E-state index in [-0.39, 0.29) is 5.97 Å². The van der Waals surface area contributed by atoms with Crippen LogP contribution in [-0.2, 0) is 4.84 Å². The number of hydrogen-bond acceptors (Lipinski definition) is 3. The number of carbonyl (C=O) groups excluding carboxylic acids is 1. The lowest BCUT2D eigenvalue weighted by Gasteiger charge is -2.31. The number of nitrogens with zero attached hydrogens (tertiary/aromatic N) is 2. The summed E-state index contributed by atoms with van der Waals surface area (Å²) >= 11 is 0. The molecule has 1 unspecified atom stereocenters. The molecular weight excluding hydrogens is 264 g/mol. The minimum absolute atomic E-state index is 0.377. The van der Waals surface area contributed by atoms with E-state index in [1.807, 2.05) is 18.2 Å². The van der Waals surface area contributed by atoms with Gasteiger partial charge in [0.25, 0.3) is 0 Å². The molecule has 0 radical (unpaired) electrons. The summed E-state index contributed by atoms with van der Waals surface area (Å²) < 4.78 is 0.899. The van der Waals surface area contributed by atoms with Crippen LogP contribution < -0.4 is 0 Å². The van der Waals surface area contributed by atoms with Gasteiger partial charge in [-0.2, -0.15) is 0 Å². The number of rotatable bonds is 4. The Balaban J connectivity index is 2.02. The monoisotopic (exact) mass is 289 g/mol. The van der Waals surface area contributed by atoms with Crippen LogP contribution in [0.4, 0.5) is 0 Å². The zero-order valence-corrected chi connectivity index (χ0v) is 13.2. The molecule has 0 spiro atoms. The molecule has 0 heterocycles. The maximum Gasteiger partial charge on any atom is 0.365 e. The molecular formula is C17H25N2O2+. The molecule has 1 aliphatic rings. The molecule has 0 N–H and O–H groups in total. The van der Waals surface area contributed by atoms with Gasteiger partial charge in [-0.15, -0.1) is 0 Å². The highest BCUT2D eigenvalue weighted by molar-refractivity contribution is 5.91. The molecule has 0 bridgehead atoms. The van der Waals surface area contributed by atoms with Crippen LogP contribution in [-0.4, -0.2) is 43.9 Å². The summed E-state index contributed by atoms with van der Waals surface area (Å²) in [5.74, 6) is 0.0417. The fourth-order valence-electron chi connectivity index (χ4n) is 2.77. The number of carbonyl (C=O) groups is 1. The van der Waals surface area contributed by atoms with Gasteiger partial charge in [-0.1, -0.05) is 29.8 Å². The van der Waals surface area contributed by atoms with E-state index in [2.05, 4.69) is 26.3 Å². The van der Waals surface area contributed by atoms with Gasteiger partial charge in [0.15, 0.2) is 0 Å². The second kappa shape index (κ2) is 6.85. The second-order valence-electron chi connectivity index (χ2n) is 6.74. The summed E-state index contributed by atoms with van der Waals surface area (Å²) in [6.45, 7) is 1.03. The number of quaternary nitrogens is 1. The van der Waals surface area contributed by atoms with Crippen LogP contribution in [0.25, 0.3) is 0 Å². The predicted octanol–water partition coefficient (Wildman–Crippen LogP) is 3.10. The van der Waals surface area contributed by atoms with Crippen molar-refractivity contribution in [3.63, 3.8) is 0 Å². The maximum absolute atomic E-state index is 11.9. The molecule has 114 valence electrons. The van der Waals surface area contributed by atoms with Gasteiger partial charge in [0, 0.05) is 5.92 Å². The molecule has 0 saturated heterocycles. The van der Waals surface area contributed by atoms with Gasteiger partial charge in [0.05, 0.1) is 39.0 Å². The lowest BCUT2D eigenvalue weighted by molar-refractivity contribution is -0.872. The molecule has 0 aromatic heterocycles. The first kappa shape index (κ1) is 15.7. The molecule has 4 heteroatoms. The minimum Gasteiger partial charge on any atom is -0.330 e. The van der Waals surface area contributed by atoms with E-state index >= 15 is 0 Å². The Morgan fingerprint density at radius 3 is 2.62 bits per heavy atom. The van der Waals surface area contributed by atoms with Crippen LogP contribution in [0.3, 0.4) is 0 Å². The Labute approximate surface area is 127 Å². The molecule has 1 aliphatic carbocycles. The van der Waals surface area contributed by atoms with Crippen molar-refractivity contribution in [2.45, 2.75) is 25.7 Å². The topological polar surface area (TPSA) is 38.7 Å². The second-order valence-corrected chi connectivity index (χ2v) is 6.74. The molecule has 2 rings (SSSR count). The van der Waals surface area contributed by atoms with Gasteiger partial charge in [-0.05, 0) is 31.4 Å². The molecule has 1 fully saturated rings.